The number of fused-ring (bicyclic) bond motifs is 1. The van der Waals surface area contributed by atoms with Gasteiger partial charge in [-0.15, -0.1) is 0 Å². The van der Waals surface area contributed by atoms with E-state index >= 15 is 0 Å². The van der Waals surface area contributed by atoms with E-state index in [1.54, 1.807) is 0 Å². The van der Waals surface area contributed by atoms with Crippen LogP contribution in [-0.2, 0) is 6.61 Å². The van der Waals surface area contributed by atoms with Crippen LogP contribution in [0.5, 0.6) is 0 Å². The number of benzene rings is 1. The van der Waals surface area contributed by atoms with E-state index in [4.69, 9.17) is 5.73 Å². The molecule has 1 heterocycles. The van der Waals surface area contributed by atoms with Gasteiger partial charge in [0.05, 0.1) is 11.0 Å². The minimum Gasteiger partial charge on any atom is -0.399 e. The Balaban J connectivity index is 2.47. The molecule has 20 heavy (non-hydrogen) atoms. The number of nitrogens with zero attached hydrogens (tertiary/aromatic N) is 2. The van der Waals surface area contributed by atoms with Gasteiger partial charge >= 0.3 is 0 Å². The van der Waals surface area contributed by atoms with Crippen molar-refractivity contribution < 1.29 is 5.11 Å². The molecule has 0 radical (unpaired) electrons. The number of aliphatic hydroxyl groups excluding tert-OH is 1. The molecule has 0 bridgehead atoms. The number of aliphatic hydroxyl groups is 1. The van der Waals surface area contributed by atoms with E-state index < -0.39 is 0 Å². The second-order valence-corrected chi connectivity index (χ2v) is 5.39. The lowest BCUT2D eigenvalue weighted by atomic mass is 10.0. The van der Waals surface area contributed by atoms with Gasteiger partial charge in [-0.1, -0.05) is 33.1 Å². The monoisotopic (exact) mass is 275 g/mol. The highest BCUT2D eigenvalue weighted by Gasteiger charge is 2.18. The molecule has 0 aliphatic carbocycles. The lowest BCUT2D eigenvalue weighted by Crippen LogP contribution is -2.12. The summed E-state index contributed by atoms with van der Waals surface area (Å²) in [6.45, 7) is 4.39. The Morgan fingerprint density at radius 2 is 2.05 bits per heavy atom. The van der Waals surface area contributed by atoms with Gasteiger partial charge < -0.3 is 15.4 Å². The number of hydrogen-bond acceptors (Lipinski definition) is 3. The van der Waals surface area contributed by atoms with Crippen LogP contribution in [0.1, 0.15) is 57.8 Å². The van der Waals surface area contributed by atoms with Gasteiger partial charge in [-0.25, -0.2) is 4.98 Å². The zero-order valence-electron chi connectivity index (χ0n) is 12.5. The molecule has 4 nitrogen and oxygen atoms in total. The molecule has 0 saturated carbocycles. The Morgan fingerprint density at radius 3 is 2.70 bits per heavy atom. The van der Waals surface area contributed by atoms with Crippen LogP contribution in [-0.4, -0.2) is 14.7 Å². The maximum Gasteiger partial charge on any atom is 0.135 e. The van der Waals surface area contributed by atoms with E-state index in [2.05, 4.69) is 23.4 Å². The number of nitrogen functional groups attached to an aromatic ring is 1. The van der Waals surface area contributed by atoms with Crippen molar-refractivity contribution in [1.82, 2.24) is 9.55 Å². The first-order valence-corrected chi connectivity index (χ1v) is 7.58. The number of hydrogen-bond donors (Lipinski definition) is 2. The van der Waals surface area contributed by atoms with E-state index in [9.17, 15) is 5.11 Å². The van der Waals surface area contributed by atoms with E-state index in [0.717, 1.165) is 36.1 Å². The van der Waals surface area contributed by atoms with Crippen LogP contribution in [0.25, 0.3) is 11.0 Å². The molecule has 1 aromatic carbocycles. The van der Waals surface area contributed by atoms with Crippen LogP contribution < -0.4 is 5.73 Å². The Kier molecular flexibility index (Phi) is 5.01. The lowest BCUT2D eigenvalue weighted by molar-refractivity contribution is 0.258. The summed E-state index contributed by atoms with van der Waals surface area (Å²) in [5.41, 5.74) is 8.51. The highest BCUT2D eigenvalue weighted by Crippen LogP contribution is 2.29. The summed E-state index contributed by atoms with van der Waals surface area (Å²) >= 11 is 0. The number of rotatable bonds is 7. The normalized spacial score (nSPS) is 12.9. The average molecular weight is 275 g/mol. The smallest absolute Gasteiger partial charge is 0.135 e. The van der Waals surface area contributed by atoms with E-state index in [1.807, 2.05) is 18.2 Å². The Hall–Kier alpha value is -1.55. The predicted octanol–water partition coefficient (Wildman–Crippen LogP) is 3.64. The van der Waals surface area contributed by atoms with E-state index in [-0.39, 0.29) is 6.61 Å². The Morgan fingerprint density at radius 1 is 1.25 bits per heavy atom. The molecule has 2 rings (SSSR count). The molecule has 0 fully saturated rings. The second-order valence-electron chi connectivity index (χ2n) is 5.39. The summed E-state index contributed by atoms with van der Waals surface area (Å²) in [6, 6.07) is 6.22. The van der Waals surface area contributed by atoms with E-state index in [1.165, 1.54) is 12.8 Å². The van der Waals surface area contributed by atoms with Crippen molar-refractivity contribution in [2.24, 2.45) is 0 Å². The molecule has 2 aromatic rings. The molecular weight excluding hydrogens is 250 g/mol. The van der Waals surface area contributed by atoms with Crippen molar-refractivity contribution >= 4 is 16.7 Å². The van der Waals surface area contributed by atoms with Crippen molar-refractivity contribution in [1.29, 1.82) is 0 Å². The van der Waals surface area contributed by atoms with Gasteiger partial charge in [-0.05, 0) is 31.0 Å². The quantitative estimate of drug-likeness (QED) is 0.758. The molecule has 3 N–H and O–H groups in total. The lowest BCUT2D eigenvalue weighted by Gasteiger charge is -2.21. The first kappa shape index (κ1) is 14.9. The van der Waals surface area contributed by atoms with Crippen LogP contribution in [0.4, 0.5) is 5.69 Å². The Labute approximate surface area is 120 Å². The summed E-state index contributed by atoms with van der Waals surface area (Å²) < 4.78 is 2.22. The van der Waals surface area contributed by atoms with E-state index in [0.29, 0.717) is 11.7 Å². The summed E-state index contributed by atoms with van der Waals surface area (Å²) in [5, 5.41) is 9.62. The maximum absolute atomic E-state index is 9.62. The number of nitrogens with two attached hydrogens (primary N) is 1. The molecule has 0 aliphatic rings. The van der Waals surface area contributed by atoms with Gasteiger partial charge in [0.1, 0.15) is 12.4 Å². The summed E-state index contributed by atoms with van der Waals surface area (Å²) in [5.74, 6) is 0.750. The fourth-order valence-electron chi connectivity index (χ4n) is 2.86. The maximum atomic E-state index is 9.62. The molecule has 110 valence electrons. The first-order chi connectivity index (χ1) is 9.71. The Bertz CT molecular complexity index is 562. The third-order valence-corrected chi connectivity index (χ3v) is 3.81. The largest absolute Gasteiger partial charge is 0.399 e. The van der Waals surface area contributed by atoms with Crippen LogP contribution in [0, 0.1) is 0 Å². The summed E-state index contributed by atoms with van der Waals surface area (Å²) in [4.78, 5) is 4.54. The fraction of sp³-hybridized carbons (Fsp3) is 0.562. The number of aromatic nitrogens is 2. The third-order valence-electron chi connectivity index (χ3n) is 3.81. The second kappa shape index (κ2) is 6.75. The van der Waals surface area contributed by atoms with Crippen molar-refractivity contribution in [3.8, 4) is 0 Å². The molecule has 0 aliphatic heterocycles. The molecular formula is C16H25N3O. The van der Waals surface area contributed by atoms with Crippen molar-refractivity contribution in [2.45, 2.75) is 58.6 Å². The van der Waals surface area contributed by atoms with Crippen LogP contribution >= 0.6 is 0 Å². The number of anilines is 1. The van der Waals surface area contributed by atoms with Crippen molar-refractivity contribution in [2.75, 3.05) is 5.73 Å². The standard InChI is InChI=1S/C16H25N3O/c1-3-5-7-13(6-4-2)19-15-9-8-12(17)10-14(15)18-16(19)11-20/h8-10,13,20H,3-7,11,17H2,1-2H3. The minimum atomic E-state index is -0.0269. The zero-order chi connectivity index (χ0) is 14.5. The number of unbranched alkanes of at least 4 members (excludes halogenated alkanes) is 1. The van der Waals surface area contributed by atoms with Gasteiger partial charge in [0, 0.05) is 11.7 Å². The van der Waals surface area contributed by atoms with Crippen molar-refractivity contribution in [3.05, 3.63) is 24.0 Å². The molecule has 0 spiro atoms. The molecule has 1 aromatic heterocycles. The third kappa shape index (κ3) is 2.96. The summed E-state index contributed by atoms with van der Waals surface area (Å²) in [6.07, 6.45) is 5.77. The predicted molar refractivity (Wildman–Crippen MR) is 83.5 cm³/mol. The van der Waals surface area contributed by atoms with Gasteiger partial charge in [0.2, 0.25) is 0 Å². The van der Waals surface area contributed by atoms with Crippen LogP contribution in [0.2, 0.25) is 0 Å². The van der Waals surface area contributed by atoms with Crippen molar-refractivity contribution in [3.63, 3.8) is 0 Å². The highest BCUT2D eigenvalue weighted by atomic mass is 16.3. The molecule has 0 amide bonds. The van der Waals surface area contributed by atoms with Crippen LogP contribution in [0.3, 0.4) is 0 Å². The first-order valence-electron chi connectivity index (χ1n) is 7.58. The molecule has 4 heteroatoms. The summed E-state index contributed by atoms with van der Waals surface area (Å²) in [7, 11) is 0. The fourth-order valence-corrected chi connectivity index (χ4v) is 2.86. The van der Waals surface area contributed by atoms with Gasteiger partial charge in [-0.2, -0.15) is 0 Å². The zero-order valence-corrected chi connectivity index (χ0v) is 12.5. The average Bonchev–Trinajstić information content (AvgIpc) is 2.80. The molecule has 0 saturated heterocycles. The van der Waals surface area contributed by atoms with Gasteiger partial charge in [0.25, 0.3) is 0 Å². The van der Waals surface area contributed by atoms with Gasteiger partial charge in [-0.3, -0.25) is 0 Å². The highest BCUT2D eigenvalue weighted by molar-refractivity contribution is 5.79. The topological polar surface area (TPSA) is 64.1 Å². The molecule has 1 unspecified atom stereocenters. The minimum absolute atomic E-state index is 0.0269. The molecule has 1 atom stereocenters. The number of imidazole rings is 1. The SMILES string of the molecule is CCCCC(CCC)n1c(CO)nc2cc(N)ccc21. The van der Waals surface area contributed by atoms with Crippen LogP contribution in [0.15, 0.2) is 18.2 Å². The van der Waals surface area contributed by atoms with Gasteiger partial charge in [0.15, 0.2) is 0 Å².